The molecule has 0 saturated heterocycles. The number of rotatable bonds is 3. The van der Waals surface area contributed by atoms with Gasteiger partial charge in [0, 0.05) is 7.05 Å². The van der Waals surface area contributed by atoms with Crippen molar-refractivity contribution in [2.75, 3.05) is 0 Å². The van der Waals surface area contributed by atoms with Gasteiger partial charge in [0.2, 0.25) is 5.78 Å². The summed E-state index contributed by atoms with van der Waals surface area (Å²) in [6.07, 6.45) is 1.96. The average Bonchev–Trinajstić information content (AvgIpc) is 2.48. The normalized spacial score (nSPS) is 12.9. The molecule has 1 unspecified atom stereocenters. The van der Waals surface area contributed by atoms with Gasteiger partial charge in [-0.15, -0.1) is 0 Å². The number of aryl methyl sites for hydroxylation is 1. The summed E-state index contributed by atoms with van der Waals surface area (Å²) >= 11 is 0. The summed E-state index contributed by atoms with van der Waals surface area (Å²) in [4.78, 5) is 15.2. The maximum Gasteiger partial charge on any atom is 0.216 e. The van der Waals surface area contributed by atoms with Crippen molar-refractivity contribution in [2.24, 2.45) is 12.8 Å². The Labute approximate surface area is 70.6 Å². The largest absolute Gasteiger partial charge is 0.321 e. The summed E-state index contributed by atoms with van der Waals surface area (Å²) in [6, 6.07) is -0.465. The minimum atomic E-state index is -0.465. The van der Waals surface area contributed by atoms with E-state index in [1.807, 2.05) is 6.92 Å². The SMILES string of the molecule is CCC(N)C(=O)c1ncnn1C. The van der Waals surface area contributed by atoms with E-state index in [1.165, 1.54) is 11.0 Å². The van der Waals surface area contributed by atoms with Crippen LogP contribution in [0.1, 0.15) is 24.0 Å². The van der Waals surface area contributed by atoms with Gasteiger partial charge in [-0.2, -0.15) is 5.10 Å². The Balaban J connectivity index is 2.85. The van der Waals surface area contributed by atoms with Crippen molar-refractivity contribution in [3.05, 3.63) is 12.2 Å². The van der Waals surface area contributed by atoms with Gasteiger partial charge in [-0.05, 0) is 6.42 Å². The molecule has 1 rings (SSSR count). The molecule has 0 bridgehead atoms. The summed E-state index contributed by atoms with van der Waals surface area (Å²) in [7, 11) is 1.67. The van der Waals surface area contributed by atoms with Crippen molar-refractivity contribution in [1.82, 2.24) is 14.8 Å². The van der Waals surface area contributed by atoms with Gasteiger partial charge >= 0.3 is 0 Å². The first-order valence-corrected chi connectivity index (χ1v) is 3.80. The van der Waals surface area contributed by atoms with Crippen LogP contribution in [0, 0.1) is 0 Å². The zero-order valence-corrected chi connectivity index (χ0v) is 7.19. The number of aromatic nitrogens is 3. The molecule has 1 atom stereocenters. The Morgan fingerprint density at radius 2 is 2.50 bits per heavy atom. The molecular formula is C7H12N4O. The smallest absolute Gasteiger partial charge is 0.216 e. The van der Waals surface area contributed by atoms with E-state index in [2.05, 4.69) is 10.1 Å². The van der Waals surface area contributed by atoms with Gasteiger partial charge in [-0.3, -0.25) is 4.79 Å². The van der Waals surface area contributed by atoms with Crippen molar-refractivity contribution in [1.29, 1.82) is 0 Å². The lowest BCUT2D eigenvalue weighted by Gasteiger charge is -2.05. The molecule has 0 spiro atoms. The van der Waals surface area contributed by atoms with Gasteiger partial charge in [-0.25, -0.2) is 9.67 Å². The van der Waals surface area contributed by atoms with Gasteiger partial charge in [0.05, 0.1) is 6.04 Å². The second kappa shape index (κ2) is 3.44. The number of hydrogen-bond donors (Lipinski definition) is 1. The molecule has 66 valence electrons. The van der Waals surface area contributed by atoms with Crippen LogP contribution in [0.25, 0.3) is 0 Å². The Kier molecular flexibility index (Phi) is 2.54. The summed E-state index contributed by atoms with van der Waals surface area (Å²) in [5.41, 5.74) is 5.55. The van der Waals surface area contributed by atoms with Crippen LogP contribution in [0.2, 0.25) is 0 Å². The predicted octanol–water partition coefficient (Wildman–Crippen LogP) is -0.265. The van der Waals surface area contributed by atoms with Crippen molar-refractivity contribution >= 4 is 5.78 Å². The zero-order chi connectivity index (χ0) is 9.14. The molecule has 0 fully saturated rings. The molecule has 0 radical (unpaired) electrons. The Morgan fingerprint density at radius 1 is 1.83 bits per heavy atom. The van der Waals surface area contributed by atoms with Gasteiger partial charge < -0.3 is 5.73 Å². The minimum Gasteiger partial charge on any atom is -0.321 e. The summed E-state index contributed by atoms with van der Waals surface area (Å²) in [6.45, 7) is 1.86. The molecule has 0 aromatic carbocycles. The second-order valence-electron chi connectivity index (χ2n) is 2.59. The minimum absolute atomic E-state index is 0.155. The van der Waals surface area contributed by atoms with Crippen molar-refractivity contribution in [2.45, 2.75) is 19.4 Å². The fourth-order valence-corrected chi connectivity index (χ4v) is 0.871. The van der Waals surface area contributed by atoms with Crippen molar-refractivity contribution < 1.29 is 4.79 Å². The zero-order valence-electron chi connectivity index (χ0n) is 7.19. The van der Waals surface area contributed by atoms with Crippen LogP contribution in [-0.4, -0.2) is 26.6 Å². The highest BCUT2D eigenvalue weighted by molar-refractivity contribution is 5.96. The maximum atomic E-state index is 11.4. The molecule has 1 aromatic rings. The number of nitrogens with two attached hydrogens (primary N) is 1. The van der Waals surface area contributed by atoms with Gasteiger partial charge in [0.25, 0.3) is 0 Å². The lowest BCUT2D eigenvalue weighted by molar-refractivity contribution is 0.0945. The van der Waals surface area contributed by atoms with Crippen molar-refractivity contribution in [3.63, 3.8) is 0 Å². The van der Waals surface area contributed by atoms with E-state index in [9.17, 15) is 4.79 Å². The van der Waals surface area contributed by atoms with E-state index in [4.69, 9.17) is 5.73 Å². The Bertz CT molecular complexity index is 281. The van der Waals surface area contributed by atoms with E-state index in [1.54, 1.807) is 7.05 Å². The number of nitrogens with zero attached hydrogens (tertiary/aromatic N) is 3. The summed E-state index contributed by atoms with van der Waals surface area (Å²) in [5.74, 6) is 0.168. The first-order chi connectivity index (χ1) is 5.66. The first-order valence-electron chi connectivity index (χ1n) is 3.80. The third kappa shape index (κ3) is 1.50. The molecule has 0 amide bonds. The molecule has 12 heavy (non-hydrogen) atoms. The summed E-state index contributed by atoms with van der Waals surface area (Å²) < 4.78 is 1.43. The molecule has 0 saturated carbocycles. The van der Waals surface area contributed by atoms with Crippen LogP contribution in [0.3, 0.4) is 0 Å². The molecule has 1 aromatic heterocycles. The molecule has 0 aliphatic rings. The molecule has 5 nitrogen and oxygen atoms in total. The molecule has 0 aliphatic heterocycles. The lowest BCUT2D eigenvalue weighted by Crippen LogP contribution is -2.31. The average molecular weight is 168 g/mol. The Hall–Kier alpha value is -1.23. The lowest BCUT2D eigenvalue weighted by atomic mass is 10.1. The van der Waals surface area contributed by atoms with Crippen LogP contribution in [0.15, 0.2) is 6.33 Å². The summed E-state index contributed by atoms with van der Waals surface area (Å²) in [5, 5.41) is 3.78. The van der Waals surface area contributed by atoms with Crippen LogP contribution in [0.5, 0.6) is 0 Å². The molecule has 5 heteroatoms. The predicted molar refractivity (Wildman–Crippen MR) is 43.6 cm³/mol. The van der Waals surface area contributed by atoms with E-state index >= 15 is 0 Å². The monoisotopic (exact) mass is 168 g/mol. The Morgan fingerprint density at radius 3 is 2.92 bits per heavy atom. The molecule has 0 aliphatic carbocycles. The number of carbonyl (C=O) groups is 1. The van der Waals surface area contributed by atoms with Gasteiger partial charge in [0.15, 0.2) is 5.82 Å². The highest BCUT2D eigenvalue weighted by Crippen LogP contribution is 1.98. The fraction of sp³-hybridized carbons (Fsp3) is 0.571. The van der Waals surface area contributed by atoms with Crippen LogP contribution >= 0.6 is 0 Å². The third-order valence-corrected chi connectivity index (χ3v) is 1.71. The highest BCUT2D eigenvalue weighted by atomic mass is 16.1. The van der Waals surface area contributed by atoms with E-state index in [0.29, 0.717) is 12.2 Å². The van der Waals surface area contributed by atoms with E-state index in [0.717, 1.165) is 0 Å². The number of ketones is 1. The quantitative estimate of drug-likeness (QED) is 0.631. The molecule has 2 N–H and O–H groups in total. The fourth-order valence-electron chi connectivity index (χ4n) is 0.871. The second-order valence-corrected chi connectivity index (χ2v) is 2.59. The standard InChI is InChI=1S/C7H12N4O/c1-3-5(8)6(12)7-9-4-10-11(7)2/h4-5H,3,8H2,1-2H3. The van der Waals surface area contributed by atoms with Gasteiger partial charge in [-0.1, -0.05) is 6.92 Å². The van der Waals surface area contributed by atoms with Crippen LogP contribution in [0.4, 0.5) is 0 Å². The molecular weight excluding hydrogens is 156 g/mol. The van der Waals surface area contributed by atoms with Gasteiger partial charge in [0.1, 0.15) is 6.33 Å². The number of Topliss-reactive ketones (excluding diaryl/α,β-unsaturated/α-hetero) is 1. The van der Waals surface area contributed by atoms with Crippen LogP contribution < -0.4 is 5.73 Å². The topological polar surface area (TPSA) is 73.8 Å². The van der Waals surface area contributed by atoms with E-state index in [-0.39, 0.29) is 5.78 Å². The number of carbonyl (C=O) groups excluding carboxylic acids is 1. The van der Waals surface area contributed by atoms with Crippen LogP contribution in [-0.2, 0) is 7.05 Å². The van der Waals surface area contributed by atoms with E-state index < -0.39 is 6.04 Å². The highest BCUT2D eigenvalue weighted by Gasteiger charge is 2.17. The number of hydrogen-bond acceptors (Lipinski definition) is 4. The first kappa shape index (κ1) is 8.86. The molecule has 1 heterocycles. The third-order valence-electron chi connectivity index (χ3n) is 1.71. The van der Waals surface area contributed by atoms with Crippen molar-refractivity contribution in [3.8, 4) is 0 Å². The maximum absolute atomic E-state index is 11.4.